The number of aliphatic hydroxyl groups excluding tert-OH is 4. The molecular formula is C59H116O9. The van der Waals surface area contributed by atoms with Crippen LogP contribution in [-0.4, -0.2) is 89.6 Å². The molecule has 0 bridgehead atoms. The molecule has 68 heavy (non-hydrogen) atoms. The predicted octanol–water partition coefficient (Wildman–Crippen LogP) is 15.7. The average Bonchev–Trinajstić information content (AvgIpc) is 3.34. The molecule has 0 aliphatic carbocycles. The van der Waals surface area contributed by atoms with E-state index >= 15 is 0 Å². The second kappa shape index (κ2) is 51.1. The molecule has 9 heteroatoms. The number of hydrogen-bond acceptors (Lipinski definition) is 9. The number of carbonyl (C=O) groups is 1. The fourth-order valence-electron chi connectivity index (χ4n) is 9.85. The Morgan fingerprint density at radius 2 is 0.721 bits per heavy atom. The van der Waals surface area contributed by atoms with Gasteiger partial charge in [-0.3, -0.25) is 4.79 Å². The normalized spacial score (nSPS) is 18.9. The fraction of sp³-hybridized carbons (Fsp3) is 0.983. The van der Waals surface area contributed by atoms with Gasteiger partial charge in [0.05, 0.1) is 19.8 Å². The molecule has 6 unspecified atom stereocenters. The van der Waals surface area contributed by atoms with Gasteiger partial charge in [-0.1, -0.05) is 290 Å². The molecule has 9 nitrogen and oxygen atoms in total. The average molecular weight is 970 g/mol. The zero-order valence-electron chi connectivity index (χ0n) is 45.1. The first-order chi connectivity index (χ1) is 33.4. The standard InChI is InChI=1S/C59H116O9/c1-3-5-7-9-11-13-15-17-19-21-23-25-27-28-30-32-34-36-38-40-42-44-46-48-55(61)67-53(52-66-59-58(64)57(63)56(62)54(50-60)68-59)51-65-49-47-45-43-41-39-37-35-33-31-29-26-24-22-20-18-16-14-12-10-8-6-4-2/h53-54,56-60,62-64H,3-52H2,1-2H3. The molecule has 0 saturated carbocycles. The monoisotopic (exact) mass is 969 g/mol. The lowest BCUT2D eigenvalue weighted by Crippen LogP contribution is -2.59. The lowest BCUT2D eigenvalue weighted by atomic mass is 9.99. The molecule has 0 aromatic heterocycles. The van der Waals surface area contributed by atoms with Gasteiger partial charge < -0.3 is 39.4 Å². The highest BCUT2D eigenvalue weighted by Gasteiger charge is 2.44. The van der Waals surface area contributed by atoms with Crippen molar-refractivity contribution < 1.29 is 44.2 Å². The van der Waals surface area contributed by atoms with E-state index in [4.69, 9.17) is 18.9 Å². The van der Waals surface area contributed by atoms with Crippen LogP contribution in [0.5, 0.6) is 0 Å². The van der Waals surface area contributed by atoms with Crippen LogP contribution in [-0.2, 0) is 23.7 Å². The van der Waals surface area contributed by atoms with Crippen LogP contribution in [0.3, 0.4) is 0 Å². The highest BCUT2D eigenvalue weighted by molar-refractivity contribution is 5.69. The van der Waals surface area contributed by atoms with Gasteiger partial charge in [0.25, 0.3) is 0 Å². The highest BCUT2D eigenvalue weighted by atomic mass is 16.7. The van der Waals surface area contributed by atoms with Gasteiger partial charge in [0.15, 0.2) is 6.29 Å². The third-order valence-corrected chi connectivity index (χ3v) is 14.5. The van der Waals surface area contributed by atoms with Crippen molar-refractivity contribution >= 4 is 5.97 Å². The van der Waals surface area contributed by atoms with Gasteiger partial charge in [-0.2, -0.15) is 0 Å². The van der Waals surface area contributed by atoms with Crippen LogP contribution < -0.4 is 0 Å². The molecule has 1 saturated heterocycles. The summed E-state index contributed by atoms with van der Waals surface area (Å²) in [5.41, 5.74) is 0. The number of hydrogen-bond donors (Lipinski definition) is 4. The molecule has 406 valence electrons. The quantitative estimate of drug-likeness (QED) is 0.0347. The number of aliphatic hydroxyl groups is 4. The molecule has 1 aliphatic heterocycles. The maximum absolute atomic E-state index is 12.9. The summed E-state index contributed by atoms with van der Waals surface area (Å²) in [4.78, 5) is 12.9. The summed E-state index contributed by atoms with van der Waals surface area (Å²) in [5.74, 6) is -0.302. The van der Waals surface area contributed by atoms with Crippen LogP contribution >= 0.6 is 0 Å². The molecule has 6 atom stereocenters. The third kappa shape index (κ3) is 40.7. The lowest BCUT2D eigenvalue weighted by Gasteiger charge is -2.39. The number of unbranched alkanes of at least 4 members (excludes halogenated alkanes) is 43. The summed E-state index contributed by atoms with van der Waals surface area (Å²) in [6.45, 7) is 4.65. The Labute approximate surface area is 421 Å². The van der Waals surface area contributed by atoms with Gasteiger partial charge in [0, 0.05) is 13.0 Å². The van der Waals surface area contributed by atoms with E-state index in [0.29, 0.717) is 13.0 Å². The topological polar surface area (TPSA) is 135 Å². The van der Waals surface area contributed by atoms with Gasteiger partial charge in [0.1, 0.15) is 30.5 Å². The summed E-state index contributed by atoms with van der Waals surface area (Å²) in [5, 5.41) is 40.4. The summed E-state index contributed by atoms with van der Waals surface area (Å²) in [7, 11) is 0. The van der Waals surface area contributed by atoms with E-state index in [2.05, 4.69) is 13.8 Å². The Bertz CT molecular complexity index is 1010. The molecule has 0 amide bonds. The molecule has 1 fully saturated rings. The summed E-state index contributed by atoms with van der Waals surface area (Å²) < 4.78 is 23.0. The van der Waals surface area contributed by atoms with Crippen LogP contribution in [0.1, 0.15) is 309 Å². The summed E-state index contributed by atoms with van der Waals surface area (Å²) >= 11 is 0. The van der Waals surface area contributed by atoms with E-state index < -0.39 is 43.4 Å². The van der Waals surface area contributed by atoms with Crippen LogP contribution in [0.2, 0.25) is 0 Å². The van der Waals surface area contributed by atoms with Crippen LogP contribution in [0, 0.1) is 0 Å². The molecule has 1 aliphatic rings. The molecule has 0 spiro atoms. The minimum Gasteiger partial charge on any atom is -0.457 e. The van der Waals surface area contributed by atoms with E-state index in [1.807, 2.05) is 0 Å². The Morgan fingerprint density at radius 3 is 1.04 bits per heavy atom. The highest BCUT2D eigenvalue weighted by Crippen LogP contribution is 2.23. The van der Waals surface area contributed by atoms with Gasteiger partial charge >= 0.3 is 5.97 Å². The Kier molecular flexibility index (Phi) is 49.0. The van der Waals surface area contributed by atoms with Crippen molar-refractivity contribution in [1.29, 1.82) is 0 Å². The minimum absolute atomic E-state index is 0.104. The summed E-state index contributed by atoms with van der Waals surface area (Å²) in [6, 6.07) is 0. The van der Waals surface area contributed by atoms with Gasteiger partial charge in [-0.25, -0.2) is 0 Å². The van der Waals surface area contributed by atoms with Gasteiger partial charge in [-0.15, -0.1) is 0 Å². The van der Waals surface area contributed by atoms with Crippen molar-refractivity contribution in [2.24, 2.45) is 0 Å². The zero-order valence-corrected chi connectivity index (χ0v) is 45.1. The molecule has 1 heterocycles. The first-order valence-electron chi connectivity index (χ1n) is 30.1. The fourth-order valence-corrected chi connectivity index (χ4v) is 9.85. The second-order valence-electron chi connectivity index (χ2n) is 21.2. The molecule has 0 aromatic rings. The van der Waals surface area contributed by atoms with Crippen molar-refractivity contribution in [2.45, 2.75) is 346 Å². The number of ether oxygens (including phenoxy) is 4. The van der Waals surface area contributed by atoms with E-state index in [0.717, 1.165) is 32.1 Å². The van der Waals surface area contributed by atoms with Crippen LogP contribution in [0.25, 0.3) is 0 Å². The van der Waals surface area contributed by atoms with E-state index in [-0.39, 0.29) is 19.2 Å². The second-order valence-corrected chi connectivity index (χ2v) is 21.2. The van der Waals surface area contributed by atoms with Crippen molar-refractivity contribution in [3.8, 4) is 0 Å². The van der Waals surface area contributed by atoms with Crippen molar-refractivity contribution in [1.82, 2.24) is 0 Å². The Morgan fingerprint density at radius 1 is 0.412 bits per heavy atom. The smallest absolute Gasteiger partial charge is 0.306 e. The largest absolute Gasteiger partial charge is 0.457 e. The molecule has 1 rings (SSSR count). The summed E-state index contributed by atoms with van der Waals surface area (Å²) in [6.07, 6.45) is 53.0. The van der Waals surface area contributed by atoms with Crippen LogP contribution in [0.15, 0.2) is 0 Å². The van der Waals surface area contributed by atoms with Crippen LogP contribution in [0.4, 0.5) is 0 Å². The number of carbonyl (C=O) groups excluding carboxylic acids is 1. The number of rotatable bonds is 54. The zero-order chi connectivity index (χ0) is 49.2. The molecular weight excluding hydrogens is 853 g/mol. The van der Waals surface area contributed by atoms with Gasteiger partial charge in [-0.05, 0) is 12.8 Å². The first-order valence-corrected chi connectivity index (χ1v) is 30.1. The van der Waals surface area contributed by atoms with Crippen molar-refractivity contribution in [2.75, 3.05) is 26.4 Å². The van der Waals surface area contributed by atoms with Gasteiger partial charge in [0.2, 0.25) is 0 Å². The maximum Gasteiger partial charge on any atom is 0.306 e. The molecule has 0 radical (unpaired) electrons. The Balaban J connectivity index is 2.11. The van der Waals surface area contributed by atoms with Crippen molar-refractivity contribution in [3.63, 3.8) is 0 Å². The number of esters is 1. The Hall–Kier alpha value is -0.810. The molecule has 0 aromatic carbocycles. The SMILES string of the molecule is CCCCCCCCCCCCCCCCCCCCCCCCCC(=O)OC(COCCCCCCCCCCCCCCCCCCCCCCCC)COC1OC(CO)C(O)C(O)C1O. The minimum atomic E-state index is -1.53. The van der Waals surface area contributed by atoms with E-state index in [9.17, 15) is 25.2 Å². The lowest BCUT2D eigenvalue weighted by molar-refractivity contribution is -0.305. The predicted molar refractivity (Wildman–Crippen MR) is 284 cm³/mol. The van der Waals surface area contributed by atoms with E-state index in [1.54, 1.807) is 0 Å². The first kappa shape index (κ1) is 65.2. The van der Waals surface area contributed by atoms with Crippen molar-refractivity contribution in [3.05, 3.63) is 0 Å². The molecule has 4 N–H and O–H groups in total. The maximum atomic E-state index is 12.9. The third-order valence-electron chi connectivity index (χ3n) is 14.5. The van der Waals surface area contributed by atoms with E-state index in [1.165, 1.54) is 257 Å².